The second-order valence-corrected chi connectivity index (χ2v) is 8.10. The fourth-order valence-corrected chi connectivity index (χ4v) is 4.51. The van der Waals surface area contributed by atoms with Crippen LogP contribution >= 0.6 is 0 Å². The van der Waals surface area contributed by atoms with Crippen LogP contribution in [0.25, 0.3) is 11.2 Å². The zero-order valence-corrected chi connectivity index (χ0v) is 18.0. The first kappa shape index (κ1) is 21.1. The van der Waals surface area contributed by atoms with Gasteiger partial charge in [-0.1, -0.05) is 50.0 Å². The highest BCUT2D eigenvalue weighted by Gasteiger charge is 2.27. The Bertz CT molecular complexity index is 1050. The highest BCUT2D eigenvalue weighted by Crippen LogP contribution is 2.33. The summed E-state index contributed by atoms with van der Waals surface area (Å²) in [5, 5.41) is 9.72. The van der Waals surface area contributed by atoms with Crippen LogP contribution in [0.2, 0.25) is 0 Å². The Kier molecular flexibility index (Phi) is 6.10. The summed E-state index contributed by atoms with van der Waals surface area (Å²) in [6.07, 6.45) is 10.3. The average molecular weight is 398 g/mol. The van der Waals surface area contributed by atoms with E-state index in [2.05, 4.69) is 39.8 Å². The molecule has 6 heteroatoms. The van der Waals surface area contributed by atoms with Crippen LogP contribution in [0.3, 0.4) is 0 Å². The first-order chi connectivity index (χ1) is 13.8. The molecule has 2 aromatic heterocycles. The minimum atomic E-state index is -1.19. The number of carboxylic acid groups (broad SMARTS) is 1. The van der Waals surface area contributed by atoms with Gasteiger partial charge < -0.3 is 14.2 Å². The molecule has 1 aliphatic rings. The Labute approximate surface area is 171 Å². The van der Waals surface area contributed by atoms with E-state index in [4.69, 9.17) is 4.98 Å². The third kappa shape index (κ3) is 3.80. The molecule has 0 amide bonds. The van der Waals surface area contributed by atoms with Crippen molar-refractivity contribution in [2.24, 2.45) is 0 Å². The zero-order valence-electron chi connectivity index (χ0n) is 18.0. The summed E-state index contributed by atoms with van der Waals surface area (Å²) in [6.45, 7) is 10.3. The number of imidazole rings is 1. The number of hydrogen-bond acceptors (Lipinski definition) is 3. The SMILES string of the molecule is CCCC(CCC)n1cc(C(=O)O)c(=O)c2c1nc(C)n2[C@@H]1CC=C(C)C=C1C. The zero-order chi connectivity index (χ0) is 21.3. The van der Waals surface area contributed by atoms with E-state index in [0.717, 1.165) is 43.5 Å². The maximum absolute atomic E-state index is 13.2. The van der Waals surface area contributed by atoms with E-state index in [-0.39, 0.29) is 17.6 Å². The maximum Gasteiger partial charge on any atom is 0.341 e. The van der Waals surface area contributed by atoms with Crippen molar-refractivity contribution in [3.8, 4) is 0 Å². The minimum Gasteiger partial charge on any atom is -0.477 e. The number of pyridine rings is 1. The predicted molar refractivity (Wildman–Crippen MR) is 116 cm³/mol. The lowest BCUT2D eigenvalue weighted by atomic mass is 9.96. The lowest BCUT2D eigenvalue weighted by Crippen LogP contribution is -2.24. The van der Waals surface area contributed by atoms with Crippen LogP contribution in [0.15, 0.2) is 34.3 Å². The molecule has 1 atom stereocenters. The molecule has 0 bridgehead atoms. The van der Waals surface area contributed by atoms with Gasteiger partial charge in [-0.25, -0.2) is 9.78 Å². The number of nitrogens with zero attached hydrogens (tertiary/aromatic N) is 3. The number of hydrogen-bond donors (Lipinski definition) is 1. The Hall–Kier alpha value is -2.63. The first-order valence-corrected chi connectivity index (χ1v) is 10.5. The summed E-state index contributed by atoms with van der Waals surface area (Å²) in [4.78, 5) is 29.9. The number of rotatable bonds is 7. The molecule has 2 aromatic rings. The van der Waals surface area contributed by atoms with E-state index in [1.807, 2.05) is 16.1 Å². The van der Waals surface area contributed by atoms with Gasteiger partial charge in [-0.2, -0.15) is 0 Å². The Morgan fingerprint density at radius 3 is 2.45 bits per heavy atom. The van der Waals surface area contributed by atoms with Crippen LogP contribution in [0.1, 0.15) is 88.1 Å². The molecule has 3 rings (SSSR count). The van der Waals surface area contributed by atoms with Crippen molar-refractivity contribution in [1.82, 2.24) is 14.1 Å². The molecule has 0 saturated carbocycles. The Morgan fingerprint density at radius 2 is 1.90 bits per heavy atom. The van der Waals surface area contributed by atoms with Crippen molar-refractivity contribution < 1.29 is 9.90 Å². The largest absolute Gasteiger partial charge is 0.477 e. The third-order valence-electron chi connectivity index (χ3n) is 5.86. The van der Waals surface area contributed by atoms with Crippen molar-refractivity contribution >= 4 is 17.1 Å². The molecule has 29 heavy (non-hydrogen) atoms. The van der Waals surface area contributed by atoms with E-state index in [9.17, 15) is 14.7 Å². The van der Waals surface area contributed by atoms with Gasteiger partial charge in [-0.05, 0) is 40.0 Å². The smallest absolute Gasteiger partial charge is 0.341 e. The summed E-state index contributed by atoms with van der Waals surface area (Å²) in [6, 6.07) is 0.101. The number of aromatic carboxylic acids is 1. The molecule has 156 valence electrons. The number of carboxylic acids is 1. The maximum atomic E-state index is 13.2. The highest BCUT2D eigenvalue weighted by atomic mass is 16.4. The number of carbonyl (C=O) groups is 1. The lowest BCUT2D eigenvalue weighted by molar-refractivity contribution is 0.0694. The molecule has 2 heterocycles. The Morgan fingerprint density at radius 1 is 1.24 bits per heavy atom. The monoisotopic (exact) mass is 397 g/mol. The van der Waals surface area contributed by atoms with Gasteiger partial charge in [-0.15, -0.1) is 0 Å². The van der Waals surface area contributed by atoms with Gasteiger partial charge in [0.05, 0.1) is 6.04 Å². The molecular weight excluding hydrogens is 366 g/mol. The normalized spacial score (nSPS) is 17.0. The van der Waals surface area contributed by atoms with Gasteiger partial charge in [0, 0.05) is 12.2 Å². The van der Waals surface area contributed by atoms with Crippen molar-refractivity contribution in [1.29, 1.82) is 0 Å². The fraction of sp³-hybridized carbons (Fsp3) is 0.522. The summed E-state index contributed by atoms with van der Waals surface area (Å²) < 4.78 is 3.89. The van der Waals surface area contributed by atoms with E-state index < -0.39 is 11.4 Å². The molecule has 0 radical (unpaired) electrons. The molecule has 1 aliphatic carbocycles. The predicted octanol–water partition coefficient (Wildman–Crippen LogP) is 5.18. The molecule has 0 aromatic carbocycles. The van der Waals surface area contributed by atoms with Crippen LogP contribution in [-0.2, 0) is 0 Å². The highest BCUT2D eigenvalue weighted by molar-refractivity contribution is 5.91. The molecule has 0 spiro atoms. The van der Waals surface area contributed by atoms with Gasteiger partial charge in [0.15, 0.2) is 5.65 Å². The Balaban J connectivity index is 2.33. The lowest BCUT2D eigenvalue weighted by Gasteiger charge is -2.25. The van der Waals surface area contributed by atoms with E-state index in [1.165, 1.54) is 11.8 Å². The molecule has 0 saturated heterocycles. The summed E-state index contributed by atoms with van der Waals surface area (Å²) in [5.41, 5.74) is 2.73. The van der Waals surface area contributed by atoms with E-state index in [1.54, 1.807) is 0 Å². The van der Waals surface area contributed by atoms with Crippen LogP contribution in [0, 0.1) is 6.92 Å². The van der Waals surface area contributed by atoms with E-state index >= 15 is 0 Å². The second kappa shape index (κ2) is 8.39. The van der Waals surface area contributed by atoms with Crippen molar-refractivity contribution in [3.63, 3.8) is 0 Å². The van der Waals surface area contributed by atoms with Gasteiger partial charge in [0.25, 0.3) is 0 Å². The summed E-state index contributed by atoms with van der Waals surface area (Å²) in [7, 11) is 0. The van der Waals surface area contributed by atoms with Crippen LogP contribution < -0.4 is 5.43 Å². The number of aromatic nitrogens is 3. The van der Waals surface area contributed by atoms with Crippen LogP contribution in [0.5, 0.6) is 0 Å². The van der Waals surface area contributed by atoms with Gasteiger partial charge in [0.1, 0.15) is 16.9 Å². The molecule has 0 aliphatic heterocycles. The average Bonchev–Trinajstić information content (AvgIpc) is 2.99. The molecule has 6 nitrogen and oxygen atoms in total. The van der Waals surface area contributed by atoms with Gasteiger partial charge in [0.2, 0.25) is 5.43 Å². The molecule has 0 unspecified atom stereocenters. The standard InChI is InChI=1S/C23H31N3O3/c1-6-8-17(9-7-2)25-13-18(23(28)29)21(27)20-22(25)24-16(5)26(20)19-11-10-14(3)12-15(19)4/h10,12-13,17,19H,6-9,11H2,1-5H3,(H,28,29)/t19-/m1/s1. The van der Waals surface area contributed by atoms with Crippen LogP contribution in [0.4, 0.5) is 0 Å². The van der Waals surface area contributed by atoms with Crippen LogP contribution in [-0.4, -0.2) is 25.2 Å². The minimum absolute atomic E-state index is 0.0234. The summed E-state index contributed by atoms with van der Waals surface area (Å²) in [5.74, 6) is -0.444. The van der Waals surface area contributed by atoms with Crippen molar-refractivity contribution in [2.75, 3.05) is 0 Å². The van der Waals surface area contributed by atoms with Gasteiger partial charge >= 0.3 is 5.97 Å². The number of aryl methyl sites for hydroxylation is 1. The second-order valence-electron chi connectivity index (χ2n) is 8.10. The number of fused-ring (bicyclic) bond motifs is 1. The number of allylic oxidation sites excluding steroid dienone is 4. The van der Waals surface area contributed by atoms with Crippen molar-refractivity contribution in [3.05, 3.63) is 51.1 Å². The third-order valence-corrected chi connectivity index (χ3v) is 5.86. The molecule has 0 fully saturated rings. The van der Waals surface area contributed by atoms with Gasteiger partial charge in [-0.3, -0.25) is 4.79 Å². The fourth-order valence-electron chi connectivity index (χ4n) is 4.51. The quantitative estimate of drug-likeness (QED) is 0.698. The van der Waals surface area contributed by atoms with E-state index in [0.29, 0.717) is 11.2 Å². The topological polar surface area (TPSA) is 77.1 Å². The van der Waals surface area contributed by atoms with Crippen molar-refractivity contribution in [2.45, 2.75) is 78.8 Å². The summed E-state index contributed by atoms with van der Waals surface area (Å²) >= 11 is 0. The molecular formula is C23H31N3O3. The first-order valence-electron chi connectivity index (χ1n) is 10.5. The molecule has 1 N–H and O–H groups in total.